The molecule has 3 nitrogen and oxygen atoms in total. The van der Waals surface area contributed by atoms with E-state index in [-0.39, 0.29) is 6.04 Å². The Bertz CT molecular complexity index is 228. The Kier molecular flexibility index (Phi) is 2.44. The first-order valence-electron chi connectivity index (χ1n) is 3.47. The minimum absolute atomic E-state index is 0.111. The van der Waals surface area contributed by atoms with E-state index in [1.54, 1.807) is 0 Å². The molecule has 0 aromatic rings. The molecule has 0 bridgehead atoms. The third-order valence-electron chi connectivity index (χ3n) is 1.63. The van der Waals surface area contributed by atoms with Gasteiger partial charge in [0.15, 0.2) is 0 Å². The van der Waals surface area contributed by atoms with Crippen molar-refractivity contribution in [2.24, 2.45) is 10.9 Å². The fourth-order valence-corrected chi connectivity index (χ4v) is 0.932. The highest BCUT2D eigenvalue weighted by Crippen LogP contribution is 2.07. The van der Waals surface area contributed by atoms with Gasteiger partial charge < -0.3 is 10.6 Å². The second kappa shape index (κ2) is 3.34. The molecule has 0 radical (unpaired) electrons. The normalized spacial score (nSPS) is 27.0. The molecule has 0 fully saturated rings. The van der Waals surface area contributed by atoms with E-state index in [0.717, 1.165) is 11.3 Å². The molecule has 0 aliphatic heterocycles. The van der Waals surface area contributed by atoms with E-state index >= 15 is 0 Å². The minimum Gasteiger partial charge on any atom is -0.399 e. The molecule has 0 amide bonds. The summed E-state index contributed by atoms with van der Waals surface area (Å²) in [7, 11) is 1.52. The van der Waals surface area contributed by atoms with Crippen LogP contribution in [-0.2, 0) is 4.84 Å². The summed E-state index contributed by atoms with van der Waals surface area (Å²) in [5.41, 5.74) is 7.65. The van der Waals surface area contributed by atoms with Crippen LogP contribution in [0.3, 0.4) is 0 Å². The minimum atomic E-state index is -0.111. The number of hydrogen-bond donors (Lipinski definition) is 1. The zero-order chi connectivity index (χ0) is 8.27. The van der Waals surface area contributed by atoms with Crippen LogP contribution in [0.1, 0.15) is 6.92 Å². The van der Waals surface area contributed by atoms with Crippen molar-refractivity contribution in [2.75, 3.05) is 7.11 Å². The van der Waals surface area contributed by atoms with E-state index < -0.39 is 0 Å². The summed E-state index contributed by atoms with van der Waals surface area (Å²) < 4.78 is 0. The fourth-order valence-electron chi connectivity index (χ4n) is 0.932. The van der Waals surface area contributed by atoms with Gasteiger partial charge in [0, 0.05) is 0 Å². The second-order valence-electron chi connectivity index (χ2n) is 2.45. The Morgan fingerprint density at radius 2 is 2.36 bits per heavy atom. The molecule has 0 saturated heterocycles. The quantitative estimate of drug-likeness (QED) is 0.566. The Labute approximate surface area is 66.2 Å². The number of rotatable bonds is 1. The lowest BCUT2D eigenvalue weighted by molar-refractivity contribution is 0.213. The van der Waals surface area contributed by atoms with Crippen LogP contribution in [0.4, 0.5) is 0 Å². The summed E-state index contributed by atoms with van der Waals surface area (Å²) in [4.78, 5) is 4.63. The molecule has 1 aliphatic carbocycles. The van der Waals surface area contributed by atoms with Gasteiger partial charge in [-0.2, -0.15) is 0 Å². The van der Waals surface area contributed by atoms with E-state index in [4.69, 9.17) is 5.73 Å². The van der Waals surface area contributed by atoms with Crippen molar-refractivity contribution in [3.05, 3.63) is 23.8 Å². The molecule has 0 aromatic carbocycles. The number of nitrogens with zero attached hydrogens (tertiary/aromatic N) is 1. The number of allylic oxidation sites excluding steroid dienone is 2. The fraction of sp³-hybridized carbons (Fsp3) is 0.375. The summed E-state index contributed by atoms with van der Waals surface area (Å²) in [6.45, 7) is 1.97. The second-order valence-corrected chi connectivity index (χ2v) is 2.45. The first kappa shape index (κ1) is 8.01. The maximum Gasteiger partial charge on any atom is 0.106 e. The lowest BCUT2D eigenvalue weighted by Crippen LogP contribution is -2.31. The summed E-state index contributed by atoms with van der Waals surface area (Å²) in [5, 5.41) is 3.78. The Morgan fingerprint density at radius 3 is 3.00 bits per heavy atom. The van der Waals surface area contributed by atoms with E-state index in [1.165, 1.54) is 7.11 Å². The standard InChI is InChI=1S/C8H12N2O/c1-6-4-3-5-7(8(6)9)10-11-2/h3-5,8H,9H2,1-2H3. The van der Waals surface area contributed by atoms with Crippen molar-refractivity contribution in [1.29, 1.82) is 0 Å². The highest BCUT2D eigenvalue weighted by Gasteiger charge is 2.13. The van der Waals surface area contributed by atoms with Crippen LogP contribution < -0.4 is 5.73 Å². The Morgan fingerprint density at radius 1 is 1.64 bits per heavy atom. The van der Waals surface area contributed by atoms with E-state index in [0.29, 0.717) is 0 Å². The van der Waals surface area contributed by atoms with E-state index in [1.807, 2.05) is 25.2 Å². The van der Waals surface area contributed by atoms with Gasteiger partial charge in [-0.15, -0.1) is 0 Å². The van der Waals surface area contributed by atoms with Gasteiger partial charge in [0.25, 0.3) is 0 Å². The maximum absolute atomic E-state index is 5.78. The van der Waals surface area contributed by atoms with Crippen molar-refractivity contribution in [3.63, 3.8) is 0 Å². The van der Waals surface area contributed by atoms with Crippen molar-refractivity contribution in [1.82, 2.24) is 0 Å². The predicted molar refractivity (Wildman–Crippen MR) is 45.3 cm³/mol. The van der Waals surface area contributed by atoms with Crippen LogP contribution in [0.5, 0.6) is 0 Å². The van der Waals surface area contributed by atoms with Crippen molar-refractivity contribution in [3.8, 4) is 0 Å². The van der Waals surface area contributed by atoms with Gasteiger partial charge >= 0.3 is 0 Å². The molecule has 0 heterocycles. The van der Waals surface area contributed by atoms with Crippen LogP contribution in [-0.4, -0.2) is 18.9 Å². The van der Waals surface area contributed by atoms with Crippen molar-refractivity contribution in [2.45, 2.75) is 13.0 Å². The first-order valence-corrected chi connectivity index (χ1v) is 3.47. The molecular formula is C8H12N2O. The molecule has 60 valence electrons. The van der Waals surface area contributed by atoms with E-state index in [9.17, 15) is 0 Å². The summed E-state index contributed by atoms with van der Waals surface area (Å²) in [5.74, 6) is 0. The molecule has 0 spiro atoms. The lowest BCUT2D eigenvalue weighted by atomic mass is 10.00. The molecule has 0 aromatic heterocycles. The molecule has 1 unspecified atom stereocenters. The largest absolute Gasteiger partial charge is 0.399 e. The van der Waals surface area contributed by atoms with Crippen LogP contribution in [0.25, 0.3) is 0 Å². The molecular weight excluding hydrogens is 140 g/mol. The molecule has 1 rings (SSSR count). The molecule has 0 saturated carbocycles. The highest BCUT2D eigenvalue weighted by molar-refractivity contribution is 6.02. The molecule has 3 heteroatoms. The average Bonchev–Trinajstić information content (AvgIpc) is 1.99. The van der Waals surface area contributed by atoms with Gasteiger partial charge in [0.05, 0.1) is 6.04 Å². The topological polar surface area (TPSA) is 47.6 Å². The summed E-state index contributed by atoms with van der Waals surface area (Å²) in [6.07, 6.45) is 5.73. The van der Waals surface area contributed by atoms with Gasteiger partial charge in [0.1, 0.15) is 12.8 Å². The van der Waals surface area contributed by atoms with Gasteiger partial charge in [-0.25, -0.2) is 0 Å². The van der Waals surface area contributed by atoms with Crippen LogP contribution in [0, 0.1) is 0 Å². The zero-order valence-electron chi connectivity index (χ0n) is 6.74. The smallest absolute Gasteiger partial charge is 0.106 e. The van der Waals surface area contributed by atoms with Crippen molar-refractivity contribution < 1.29 is 4.84 Å². The Hall–Kier alpha value is -1.09. The number of oxime groups is 1. The zero-order valence-corrected chi connectivity index (χ0v) is 6.74. The van der Waals surface area contributed by atoms with Crippen molar-refractivity contribution >= 4 is 5.71 Å². The van der Waals surface area contributed by atoms with Gasteiger partial charge in [-0.3, -0.25) is 0 Å². The van der Waals surface area contributed by atoms with Crippen LogP contribution in [0.2, 0.25) is 0 Å². The van der Waals surface area contributed by atoms with Crippen LogP contribution in [0.15, 0.2) is 29.0 Å². The third-order valence-corrected chi connectivity index (χ3v) is 1.63. The first-order chi connectivity index (χ1) is 5.25. The monoisotopic (exact) mass is 152 g/mol. The maximum atomic E-state index is 5.78. The highest BCUT2D eigenvalue weighted by atomic mass is 16.6. The van der Waals surface area contributed by atoms with Gasteiger partial charge in [0.2, 0.25) is 0 Å². The molecule has 2 N–H and O–H groups in total. The van der Waals surface area contributed by atoms with Gasteiger partial charge in [-0.1, -0.05) is 22.9 Å². The molecule has 1 aliphatic rings. The number of nitrogens with two attached hydrogens (primary N) is 1. The SMILES string of the molecule is CON=C1C=CC=C(C)C1N. The summed E-state index contributed by atoms with van der Waals surface area (Å²) >= 11 is 0. The van der Waals surface area contributed by atoms with Gasteiger partial charge in [-0.05, 0) is 13.0 Å². The Balaban J connectivity index is 2.81. The third kappa shape index (κ3) is 1.68. The molecule has 11 heavy (non-hydrogen) atoms. The predicted octanol–water partition coefficient (Wildman–Crippen LogP) is 0.832. The number of hydrogen-bond acceptors (Lipinski definition) is 3. The van der Waals surface area contributed by atoms with Crippen LogP contribution >= 0.6 is 0 Å². The molecule has 1 atom stereocenters. The average molecular weight is 152 g/mol. The summed E-state index contributed by atoms with van der Waals surface area (Å²) in [6, 6.07) is -0.111. The lowest BCUT2D eigenvalue weighted by Gasteiger charge is -2.14. The van der Waals surface area contributed by atoms with E-state index in [2.05, 4.69) is 9.99 Å².